The lowest BCUT2D eigenvalue weighted by Gasteiger charge is -2.03. The second kappa shape index (κ2) is 6.49. The molecule has 1 rings (SSSR count). The molecule has 0 fully saturated rings. The van der Waals surface area contributed by atoms with Gasteiger partial charge in [0.05, 0.1) is 0 Å². The van der Waals surface area contributed by atoms with Crippen molar-refractivity contribution in [2.75, 3.05) is 0 Å². The SMILES string of the molecule is CC.CC(N)Cc1ccc(O)cc1. The van der Waals surface area contributed by atoms with Gasteiger partial charge in [-0.15, -0.1) is 0 Å². The average Bonchev–Trinajstić information content (AvgIpc) is 2.12. The summed E-state index contributed by atoms with van der Waals surface area (Å²) in [6.07, 6.45) is 0.861. The van der Waals surface area contributed by atoms with E-state index in [9.17, 15) is 0 Å². The van der Waals surface area contributed by atoms with Gasteiger partial charge in [0.1, 0.15) is 5.75 Å². The number of phenols is 1. The summed E-state index contributed by atoms with van der Waals surface area (Å²) in [7, 11) is 0. The molecule has 0 aliphatic heterocycles. The number of phenolic OH excluding ortho intramolecular Hbond substituents is 1. The molecule has 1 aromatic carbocycles. The van der Waals surface area contributed by atoms with Crippen LogP contribution >= 0.6 is 0 Å². The fraction of sp³-hybridized carbons (Fsp3) is 0.455. The molecule has 0 saturated carbocycles. The third kappa shape index (κ3) is 5.26. The monoisotopic (exact) mass is 181 g/mol. The van der Waals surface area contributed by atoms with Crippen LogP contribution in [0.4, 0.5) is 0 Å². The van der Waals surface area contributed by atoms with Crippen LogP contribution in [0.5, 0.6) is 5.75 Å². The maximum absolute atomic E-state index is 8.96. The normalized spacial score (nSPS) is 11.4. The van der Waals surface area contributed by atoms with Crippen molar-refractivity contribution in [2.45, 2.75) is 33.2 Å². The largest absolute Gasteiger partial charge is 0.508 e. The van der Waals surface area contributed by atoms with Crippen molar-refractivity contribution in [1.29, 1.82) is 0 Å². The molecule has 0 aromatic heterocycles. The highest BCUT2D eigenvalue weighted by molar-refractivity contribution is 5.26. The van der Waals surface area contributed by atoms with Crippen molar-refractivity contribution < 1.29 is 5.11 Å². The van der Waals surface area contributed by atoms with Crippen LogP contribution in [0.1, 0.15) is 26.3 Å². The number of rotatable bonds is 2. The smallest absolute Gasteiger partial charge is 0.115 e. The van der Waals surface area contributed by atoms with Crippen molar-refractivity contribution in [3.63, 3.8) is 0 Å². The van der Waals surface area contributed by atoms with Gasteiger partial charge in [-0.05, 0) is 31.0 Å². The molecular formula is C11H19NO. The first-order valence-electron chi connectivity index (χ1n) is 4.72. The molecule has 1 unspecified atom stereocenters. The fourth-order valence-electron chi connectivity index (χ4n) is 1.00. The van der Waals surface area contributed by atoms with E-state index in [1.165, 1.54) is 0 Å². The van der Waals surface area contributed by atoms with Crippen LogP contribution < -0.4 is 5.73 Å². The van der Waals surface area contributed by atoms with E-state index in [2.05, 4.69) is 0 Å². The number of aromatic hydroxyl groups is 1. The third-order valence-electron chi connectivity index (χ3n) is 1.49. The summed E-state index contributed by atoms with van der Waals surface area (Å²) in [4.78, 5) is 0. The van der Waals surface area contributed by atoms with Gasteiger partial charge in [0.15, 0.2) is 0 Å². The lowest BCUT2D eigenvalue weighted by atomic mass is 10.1. The van der Waals surface area contributed by atoms with E-state index in [1.807, 2.05) is 32.9 Å². The molecule has 0 aliphatic carbocycles. The zero-order valence-electron chi connectivity index (χ0n) is 8.62. The van der Waals surface area contributed by atoms with Crippen molar-refractivity contribution in [2.24, 2.45) is 5.73 Å². The number of benzene rings is 1. The van der Waals surface area contributed by atoms with Crippen LogP contribution in [0.25, 0.3) is 0 Å². The lowest BCUT2D eigenvalue weighted by molar-refractivity contribution is 0.475. The number of hydrogen-bond acceptors (Lipinski definition) is 2. The Bertz CT molecular complexity index is 216. The molecule has 1 atom stereocenters. The zero-order valence-corrected chi connectivity index (χ0v) is 8.62. The first kappa shape index (κ1) is 12.0. The van der Waals surface area contributed by atoms with E-state index >= 15 is 0 Å². The fourth-order valence-corrected chi connectivity index (χ4v) is 1.00. The highest BCUT2D eigenvalue weighted by Gasteiger charge is 1.96. The van der Waals surface area contributed by atoms with Gasteiger partial charge in [0.2, 0.25) is 0 Å². The second-order valence-corrected chi connectivity index (χ2v) is 2.85. The van der Waals surface area contributed by atoms with Gasteiger partial charge in [-0.3, -0.25) is 0 Å². The Morgan fingerprint density at radius 1 is 1.23 bits per heavy atom. The van der Waals surface area contributed by atoms with Gasteiger partial charge in [0.25, 0.3) is 0 Å². The Labute approximate surface area is 80.4 Å². The van der Waals surface area contributed by atoms with Crippen LogP contribution in [-0.4, -0.2) is 11.1 Å². The zero-order chi connectivity index (χ0) is 10.3. The lowest BCUT2D eigenvalue weighted by Crippen LogP contribution is -2.17. The van der Waals surface area contributed by atoms with E-state index in [-0.39, 0.29) is 6.04 Å². The summed E-state index contributed by atoms with van der Waals surface area (Å²) < 4.78 is 0. The Hall–Kier alpha value is -1.02. The van der Waals surface area contributed by atoms with Gasteiger partial charge in [0, 0.05) is 6.04 Å². The number of nitrogens with two attached hydrogens (primary N) is 1. The van der Waals surface area contributed by atoms with E-state index in [1.54, 1.807) is 12.1 Å². The second-order valence-electron chi connectivity index (χ2n) is 2.85. The third-order valence-corrected chi connectivity index (χ3v) is 1.49. The minimum Gasteiger partial charge on any atom is -0.508 e. The molecule has 2 heteroatoms. The first-order valence-corrected chi connectivity index (χ1v) is 4.72. The van der Waals surface area contributed by atoms with E-state index < -0.39 is 0 Å². The maximum atomic E-state index is 8.96. The summed E-state index contributed by atoms with van der Waals surface area (Å²) in [6.45, 7) is 5.97. The van der Waals surface area contributed by atoms with Crippen molar-refractivity contribution in [3.05, 3.63) is 29.8 Å². The Kier molecular flexibility index (Phi) is 5.98. The molecule has 0 amide bonds. The van der Waals surface area contributed by atoms with E-state index in [0.29, 0.717) is 5.75 Å². The minimum atomic E-state index is 0.180. The summed E-state index contributed by atoms with van der Waals surface area (Å²) in [5, 5.41) is 8.96. The minimum absolute atomic E-state index is 0.180. The predicted octanol–water partition coefficient (Wildman–Crippen LogP) is 2.31. The van der Waals surface area contributed by atoms with Crippen LogP contribution in [0.2, 0.25) is 0 Å². The van der Waals surface area contributed by atoms with Gasteiger partial charge < -0.3 is 10.8 Å². The molecule has 0 spiro atoms. The van der Waals surface area contributed by atoms with Gasteiger partial charge in [-0.2, -0.15) is 0 Å². The highest BCUT2D eigenvalue weighted by Crippen LogP contribution is 2.10. The molecule has 0 aliphatic rings. The molecule has 1 aromatic rings. The summed E-state index contributed by atoms with van der Waals surface area (Å²) in [5.74, 6) is 0.304. The molecular weight excluding hydrogens is 162 g/mol. The molecule has 2 nitrogen and oxygen atoms in total. The maximum Gasteiger partial charge on any atom is 0.115 e. The summed E-state index contributed by atoms with van der Waals surface area (Å²) >= 11 is 0. The highest BCUT2D eigenvalue weighted by atomic mass is 16.3. The molecule has 13 heavy (non-hydrogen) atoms. The molecule has 74 valence electrons. The Balaban J connectivity index is 0.000000671. The summed E-state index contributed by atoms with van der Waals surface area (Å²) in [6, 6.07) is 7.31. The van der Waals surface area contributed by atoms with Crippen molar-refractivity contribution in [3.8, 4) is 5.75 Å². The predicted molar refractivity (Wildman–Crippen MR) is 56.8 cm³/mol. The standard InChI is InChI=1S/C9H13NO.C2H6/c1-7(10)6-8-2-4-9(11)5-3-8;1-2/h2-5,7,11H,6,10H2,1H3;1-2H3. The number of hydrogen-bond donors (Lipinski definition) is 2. The van der Waals surface area contributed by atoms with Crippen LogP contribution in [-0.2, 0) is 6.42 Å². The Morgan fingerprint density at radius 2 is 1.69 bits per heavy atom. The molecule has 3 N–H and O–H groups in total. The van der Waals surface area contributed by atoms with Crippen molar-refractivity contribution >= 4 is 0 Å². The quantitative estimate of drug-likeness (QED) is 0.735. The molecule has 0 radical (unpaired) electrons. The van der Waals surface area contributed by atoms with Gasteiger partial charge in [-0.25, -0.2) is 0 Å². The van der Waals surface area contributed by atoms with Gasteiger partial charge in [-0.1, -0.05) is 26.0 Å². The molecule has 0 bridgehead atoms. The van der Waals surface area contributed by atoms with Crippen LogP contribution in [0.15, 0.2) is 24.3 Å². The van der Waals surface area contributed by atoms with Crippen LogP contribution in [0, 0.1) is 0 Å². The summed E-state index contributed by atoms with van der Waals surface area (Å²) in [5.41, 5.74) is 6.76. The first-order chi connectivity index (χ1) is 6.18. The van der Waals surface area contributed by atoms with E-state index in [0.717, 1.165) is 12.0 Å². The van der Waals surface area contributed by atoms with E-state index in [4.69, 9.17) is 10.8 Å². The molecule has 0 heterocycles. The Morgan fingerprint density at radius 3 is 2.08 bits per heavy atom. The van der Waals surface area contributed by atoms with Crippen LogP contribution in [0.3, 0.4) is 0 Å². The molecule has 0 saturated heterocycles. The topological polar surface area (TPSA) is 46.2 Å². The van der Waals surface area contributed by atoms with Crippen molar-refractivity contribution in [1.82, 2.24) is 0 Å². The average molecular weight is 181 g/mol. The van der Waals surface area contributed by atoms with Gasteiger partial charge >= 0.3 is 0 Å².